The quantitative estimate of drug-likeness (QED) is 0.534. The van der Waals surface area contributed by atoms with Gasteiger partial charge in [0.25, 0.3) is 0 Å². The molecule has 132 valence electrons. The second kappa shape index (κ2) is 9.17. The molecule has 0 aliphatic heterocycles. The lowest BCUT2D eigenvalue weighted by molar-refractivity contribution is -0.144. The van der Waals surface area contributed by atoms with E-state index in [1.54, 1.807) is 56.6 Å². The summed E-state index contributed by atoms with van der Waals surface area (Å²) in [5.41, 5.74) is 0.501. The Morgan fingerprint density at radius 3 is 2.48 bits per heavy atom. The lowest BCUT2D eigenvalue weighted by atomic mass is 10.0. The van der Waals surface area contributed by atoms with Gasteiger partial charge >= 0.3 is 5.97 Å². The zero-order valence-corrected chi connectivity index (χ0v) is 15.6. The number of halogens is 1. The van der Waals surface area contributed by atoms with E-state index in [0.29, 0.717) is 17.1 Å². The Kier molecular flexibility index (Phi) is 6.94. The standard InChI is InChI=1S/C18H19BrN2O4/c1-3-25-18(23)15(21-17-9-6-13(19)11-20-17)10-16(22)12-4-7-14(24-2)8-5-12/h4-9,11,15H,3,10H2,1-2H3,(H,20,21). The van der Waals surface area contributed by atoms with E-state index in [1.807, 2.05) is 0 Å². The molecule has 0 spiro atoms. The van der Waals surface area contributed by atoms with Crippen molar-refractivity contribution in [3.8, 4) is 5.75 Å². The number of anilines is 1. The van der Waals surface area contributed by atoms with Gasteiger partial charge in [0.2, 0.25) is 0 Å². The van der Waals surface area contributed by atoms with Gasteiger partial charge < -0.3 is 14.8 Å². The highest BCUT2D eigenvalue weighted by molar-refractivity contribution is 9.10. The Morgan fingerprint density at radius 2 is 1.92 bits per heavy atom. The van der Waals surface area contributed by atoms with Crippen molar-refractivity contribution in [2.75, 3.05) is 19.0 Å². The molecule has 0 fully saturated rings. The van der Waals surface area contributed by atoms with E-state index in [1.165, 1.54) is 0 Å². The van der Waals surface area contributed by atoms with E-state index in [-0.39, 0.29) is 18.8 Å². The number of carbonyl (C=O) groups is 2. The molecule has 1 N–H and O–H groups in total. The van der Waals surface area contributed by atoms with Gasteiger partial charge in [-0.2, -0.15) is 0 Å². The summed E-state index contributed by atoms with van der Waals surface area (Å²) in [4.78, 5) is 28.8. The highest BCUT2D eigenvalue weighted by Crippen LogP contribution is 2.16. The lowest BCUT2D eigenvalue weighted by Gasteiger charge is -2.17. The fraction of sp³-hybridized carbons (Fsp3) is 0.278. The average molecular weight is 407 g/mol. The van der Waals surface area contributed by atoms with Crippen LogP contribution in [-0.4, -0.2) is 36.5 Å². The number of Topliss-reactive ketones (excluding diaryl/α,β-unsaturated/α-hetero) is 1. The third-order valence-corrected chi connectivity index (χ3v) is 3.89. The lowest BCUT2D eigenvalue weighted by Crippen LogP contribution is -2.34. The van der Waals surface area contributed by atoms with Crippen LogP contribution >= 0.6 is 15.9 Å². The Balaban J connectivity index is 2.12. The summed E-state index contributed by atoms with van der Waals surface area (Å²) in [6.45, 7) is 1.96. The number of ether oxygens (including phenoxy) is 2. The fourth-order valence-electron chi connectivity index (χ4n) is 2.16. The van der Waals surface area contributed by atoms with Crippen LogP contribution in [0.1, 0.15) is 23.7 Å². The smallest absolute Gasteiger partial charge is 0.329 e. The van der Waals surface area contributed by atoms with Gasteiger partial charge in [-0.3, -0.25) is 4.79 Å². The Hall–Kier alpha value is -2.41. The summed E-state index contributed by atoms with van der Waals surface area (Å²) in [7, 11) is 1.56. The third kappa shape index (κ3) is 5.56. The first-order chi connectivity index (χ1) is 12.0. The Morgan fingerprint density at radius 1 is 1.20 bits per heavy atom. The zero-order chi connectivity index (χ0) is 18.2. The van der Waals surface area contributed by atoms with Gasteiger partial charge in [-0.05, 0) is 59.3 Å². The topological polar surface area (TPSA) is 77.5 Å². The van der Waals surface area contributed by atoms with Gasteiger partial charge in [0.15, 0.2) is 5.78 Å². The van der Waals surface area contributed by atoms with Crippen LogP contribution in [0, 0.1) is 0 Å². The summed E-state index contributed by atoms with van der Waals surface area (Å²) >= 11 is 3.30. The van der Waals surface area contributed by atoms with Gasteiger partial charge in [0.05, 0.1) is 13.7 Å². The van der Waals surface area contributed by atoms with Crippen LogP contribution in [0.25, 0.3) is 0 Å². The van der Waals surface area contributed by atoms with E-state index in [4.69, 9.17) is 9.47 Å². The van der Waals surface area contributed by atoms with Crippen LogP contribution in [0.5, 0.6) is 5.75 Å². The summed E-state index contributed by atoms with van der Waals surface area (Å²) in [6.07, 6.45) is 1.57. The summed E-state index contributed by atoms with van der Waals surface area (Å²) < 4.78 is 11.0. The molecule has 6 nitrogen and oxygen atoms in total. The van der Waals surface area contributed by atoms with E-state index >= 15 is 0 Å². The molecule has 0 radical (unpaired) electrons. The molecule has 1 atom stereocenters. The maximum atomic E-state index is 12.5. The molecule has 1 unspecified atom stereocenters. The van der Waals surface area contributed by atoms with Crippen LogP contribution in [0.4, 0.5) is 5.82 Å². The van der Waals surface area contributed by atoms with Crippen molar-refractivity contribution in [3.63, 3.8) is 0 Å². The van der Waals surface area contributed by atoms with Crippen LogP contribution in [-0.2, 0) is 9.53 Å². The third-order valence-electron chi connectivity index (χ3n) is 3.42. The summed E-state index contributed by atoms with van der Waals surface area (Å²) in [6, 6.07) is 9.44. The Bertz CT molecular complexity index is 717. The van der Waals surface area contributed by atoms with Gasteiger partial charge in [-0.25, -0.2) is 9.78 Å². The van der Waals surface area contributed by atoms with Crippen LogP contribution in [0.15, 0.2) is 47.1 Å². The van der Waals surface area contributed by atoms with Gasteiger partial charge in [-0.15, -0.1) is 0 Å². The number of aromatic nitrogens is 1. The van der Waals surface area contributed by atoms with Crippen LogP contribution in [0.3, 0.4) is 0 Å². The zero-order valence-electron chi connectivity index (χ0n) is 14.0. The highest BCUT2D eigenvalue weighted by atomic mass is 79.9. The number of ketones is 1. The predicted octanol–water partition coefficient (Wildman–Crippen LogP) is 3.47. The number of rotatable bonds is 8. The number of methoxy groups -OCH3 is 1. The second-order valence-electron chi connectivity index (χ2n) is 5.17. The predicted molar refractivity (Wildman–Crippen MR) is 97.9 cm³/mol. The van der Waals surface area contributed by atoms with Crippen molar-refractivity contribution in [2.45, 2.75) is 19.4 Å². The maximum Gasteiger partial charge on any atom is 0.329 e. The van der Waals surface area contributed by atoms with E-state index < -0.39 is 12.0 Å². The minimum Gasteiger partial charge on any atom is -0.497 e. The number of carbonyl (C=O) groups excluding carboxylic acids is 2. The van der Waals surface area contributed by atoms with Crippen LogP contribution < -0.4 is 10.1 Å². The molecule has 1 aromatic heterocycles. The molecule has 0 saturated carbocycles. The second-order valence-corrected chi connectivity index (χ2v) is 6.08. The molecule has 2 aromatic rings. The summed E-state index contributed by atoms with van der Waals surface area (Å²) in [5.74, 6) is 0.485. The number of nitrogens with zero attached hydrogens (tertiary/aromatic N) is 1. The van der Waals surface area contributed by atoms with Crippen molar-refractivity contribution in [3.05, 3.63) is 52.6 Å². The molecule has 0 aliphatic carbocycles. The van der Waals surface area contributed by atoms with E-state index in [0.717, 1.165) is 4.47 Å². The van der Waals surface area contributed by atoms with Crippen LogP contribution in [0.2, 0.25) is 0 Å². The molecule has 1 heterocycles. The fourth-order valence-corrected chi connectivity index (χ4v) is 2.39. The van der Waals surface area contributed by atoms with E-state index in [2.05, 4.69) is 26.2 Å². The van der Waals surface area contributed by atoms with Gasteiger partial charge in [-0.1, -0.05) is 0 Å². The number of nitrogens with one attached hydrogen (secondary N) is 1. The number of benzene rings is 1. The van der Waals surface area contributed by atoms with E-state index in [9.17, 15) is 9.59 Å². The van der Waals surface area contributed by atoms with Crippen molar-refractivity contribution < 1.29 is 19.1 Å². The average Bonchev–Trinajstić information content (AvgIpc) is 2.63. The monoisotopic (exact) mass is 406 g/mol. The maximum absolute atomic E-state index is 12.5. The molecule has 0 amide bonds. The van der Waals surface area contributed by atoms with Gasteiger partial charge in [0, 0.05) is 22.7 Å². The van der Waals surface area contributed by atoms with Crippen molar-refractivity contribution >= 4 is 33.5 Å². The molecule has 25 heavy (non-hydrogen) atoms. The van der Waals surface area contributed by atoms with Crippen molar-refractivity contribution in [1.29, 1.82) is 0 Å². The molecule has 0 saturated heterocycles. The number of hydrogen-bond acceptors (Lipinski definition) is 6. The number of hydrogen-bond donors (Lipinski definition) is 1. The molecule has 0 bridgehead atoms. The molecule has 7 heteroatoms. The molecule has 0 aliphatic rings. The molecular weight excluding hydrogens is 388 g/mol. The summed E-state index contributed by atoms with van der Waals surface area (Å²) in [5, 5.41) is 2.96. The first-order valence-corrected chi connectivity index (χ1v) is 8.54. The van der Waals surface area contributed by atoms with Gasteiger partial charge in [0.1, 0.15) is 17.6 Å². The largest absolute Gasteiger partial charge is 0.497 e. The number of pyridine rings is 1. The van der Waals surface area contributed by atoms with Crippen molar-refractivity contribution in [2.24, 2.45) is 0 Å². The normalized spacial score (nSPS) is 11.5. The molecule has 1 aromatic carbocycles. The first kappa shape index (κ1) is 18.9. The van der Waals surface area contributed by atoms with Crippen molar-refractivity contribution in [1.82, 2.24) is 4.98 Å². The minimum absolute atomic E-state index is 0.0388. The molecular formula is C18H19BrN2O4. The minimum atomic E-state index is -0.816. The molecule has 2 rings (SSSR count). The Labute approximate surface area is 154 Å². The highest BCUT2D eigenvalue weighted by Gasteiger charge is 2.24. The first-order valence-electron chi connectivity index (χ1n) is 7.75. The number of esters is 1. The SMILES string of the molecule is CCOC(=O)C(CC(=O)c1ccc(OC)cc1)Nc1ccc(Br)cn1.